The third-order valence-corrected chi connectivity index (χ3v) is 4.13. The number of carbonyl (C=O) groups excluding carboxylic acids is 1. The maximum atomic E-state index is 12.2. The highest BCUT2D eigenvalue weighted by Gasteiger charge is 2.14. The normalized spacial score (nSPS) is 10.9. The zero-order chi connectivity index (χ0) is 18.2. The van der Waals surface area contributed by atoms with Crippen molar-refractivity contribution in [3.8, 4) is 17.1 Å². The standard InChI is InChI=1S/C15H19F2N5O2S/c1-2-3-8-19-12(23)9-25-15-21-20-13(22(15)18)10-4-6-11(7-5-10)24-14(16)17/h4-7,14H,2-3,8-9,18H2,1H3,(H,19,23). The molecule has 2 aromatic rings. The minimum atomic E-state index is -2.88. The number of nitrogens with two attached hydrogens (primary N) is 1. The molecule has 1 heterocycles. The Bertz CT molecular complexity index is 694. The van der Waals surface area contributed by atoms with Crippen molar-refractivity contribution in [1.82, 2.24) is 20.2 Å². The predicted molar refractivity (Wildman–Crippen MR) is 90.9 cm³/mol. The number of hydrogen-bond donors (Lipinski definition) is 2. The lowest BCUT2D eigenvalue weighted by Gasteiger charge is -2.06. The van der Waals surface area contributed by atoms with Crippen LogP contribution in [0.3, 0.4) is 0 Å². The molecule has 0 aliphatic heterocycles. The maximum Gasteiger partial charge on any atom is 0.387 e. The molecule has 0 spiro atoms. The van der Waals surface area contributed by atoms with Crippen molar-refractivity contribution in [2.45, 2.75) is 31.5 Å². The predicted octanol–water partition coefficient (Wildman–Crippen LogP) is 2.27. The highest BCUT2D eigenvalue weighted by atomic mass is 32.2. The van der Waals surface area contributed by atoms with Crippen LogP contribution in [-0.4, -0.2) is 39.7 Å². The van der Waals surface area contributed by atoms with Crippen LogP contribution in [-0.2, 0) is 4.79 Å². The minimum Gasteiger partial charge on any atom is -0.435 e. The van der Waals surface area contributed by atoms with Gasteiger partial charge in [0.1, 0.15) is 5.75 Å². The molecule has 0 saturated heterocycles. The van der Waals surface area contributed by atoms with Crippen molar-refractivity contribution < 1.29 is 18.3 Å². The molecule has 0 atom stereocenters. The van der Waals surface area contributed by atoms with E-state index < -0.39 is 6.61 Å². The molecule has 3 N–H and O–H groups in total. The quantitative estimate of drug-likeness (QED) is 0.399. The van der Waals surface area contributed by atoms with Gasteiger partial charge in [-0.3, -0.25) is 4.79 Å². The molecule has 1 aromatic heterocycles. The van der Waals surface area contributed by atoms with Crippen LogP contribution in [0.5, 0.6) is 5.75 Å². The Hall–Kier alpha value is -2.36. The number of ether oxygens (including phenoxy) is 1. The molecule has 7 nitrogen and oxygen atoms in total. The van der Waals surface area contributed by atoms with Crippen molar-refractivity contribution in [2.24, 2.45) is 0 Å². The van der Waals surface area contributed by atoms with Gasteiger partial charge in [0.15, 0.2) is 5.82 Å². The Labute approximate surface area is 147 Å². The smallest absolute Gasteiger partial charge is 0.387 e. The van der Waals surface area contributed by atoms with E-state index in [2.05, 4.69) is 20.3 Å². The first-order valence-electron chi connectivity index (χ1n) is 7.66. The first-order valence-corrected chi connectivity index (χ1v) is 8.65. The lowest BCUT2D eigenvalue weighted by Crippen LogP contribution is -2.26. The summed E-state index contributed by atoms with van der Waals surface area (Å²) in [5.74, 6) is 6.43. The number of aromatic nitrogens is 3. The van der Waals surface area contributed by atoms with Crippen LogP contribution in [0.15, 0.2) is 29.4 Å². The summed E-state index contributed by atoms with van der Waals surface area (Å²) in [4.78, 5) is 11.7. The summed E-state index contributed by atoms with van der Waals surface area (Å²) >= 11 is 1.17. The number of nitrogens with one attached hydrogen (secondary N) is 1. The molecule has 0 radical (unpaired) electrons. The molecule has 0 saturated carbocycles. The van der Waals surface area contributed by atoms with E-state index in [-0.39, 0.29) is 17.4 Å². The van der Waals surface area contributed by atoms with Crippen molar-refractivity contribution in [3.63, 3.8) is 0 Å². The molecule has 1 amide bonds. The summed E-state index contributed by atoms with van der Waals surface area (Å²) in [5, 5.41) is 11.1. The van der Waals surface area contributed by atoms with Gasteiger partial charge < -0.3 is 15.9 Å². The Morgan fingerprint density at radius 3 is 2.72 bits per heavy atom. The van der Waals surface area contributed by atoms with Crippen molar-refractivity contribution in [2.75, 3.05) is 18.1 Å². The summed E-state index contributed by atoms with van der Waals surface area (Å²) < 4.78 is 29.9. The number of thioether (sulfide) groups is 1. The van der Waals surface area contributed by atoms with Crippen molar-refractivity contribution in [1.29, 1.82) is 0 Å². The van der Waals surface area contributed by atoms with E-state index in [1.165, 1.54) is 28.6 Å². The second-order valence-electron chi connectivity index (χ2n) is 5.07. The molecule has 25 heavy (non-hydrogen) atoms. The number of amides is 1. The fourth-order valence-corrected chi connectivity index (χ4v) is 2.63. The van der Waals surface area contributed by atoms with Gasteiger partial charge in [0, 0.05) is 12.1 Å². The molecular weight excluding hydrogens is 352 g/mol. The molecular formula is C15H19F2N5O2S. The lowest BCUT2D eigenvalue weighted by atomic mass is 10.2. The summed E-state index contributed by atoms with van der Waals surface area (Å²) in [6, 6.07) is 5.89. The van der Waals surface area contributed by atoms with Gasteiger partial charge in [-0.2, -0.15) is 8.78 Å². The minimum absolute atomic E-state index is 0.0418. The SMILES string of the molecule is CCCCNC(=O)CSc1nnc(-c2ccc(OC(F)F)cc2)n1N. The molecule has 10 heteroatoms. The second-order valence-corrected chi connectivity index (χ2v) is 6.01. The summed E-state index contributed by atoms with van der Waals surface area (Å²) in [5.41, 5.74) is 0.593. The summed E-state index contributed by atoms with van der Waals surface area (Å²) in [6.45, 7) is -0.190. The van der Waals surface area contributed by atoms with Gasteiger partial charge in [-0.05, 0) is 30.7 Å². The average Bonchev–Trinajstić information content (AvgIpc) is 2.94. The maximum absolute atomic E-state index is 12.2. The van der Waals surface area contributed by atoms with Crippen LogP contribution in [0.25, 0.3) is 11.4 Å². The number of unbranched alkanes of at least 4 members (excludes halogenated alkanes) is 1. The van der Waals surface area contributed by atoms with E-state index in [9.17, 15) is 13.6 Å². The molecule has 136 valence electrons. The van der Waals surface area contributed by atoms with E-state index in [4.69, 9.17) is 5.84 Å². The van der Waals surface area contributed by atoms with E-state index in [0.717, 1.165) is 12.8 Å². The number of nitrogens with zero attached hydrogens (tertiary/aromatic N) is 3. The Morgan fingerprint density at radius 2 is 2.08 bits per heavy atom. The highest BCUT2D eigenvalue weighted by molar-refractivity contribution is 7.99. The third kappa shape index (κ3) is 5.59. The number of alkyl halides is 2. The van der Waals surface area contributed by atoms with Gasteiger partial charge in [-0.1, -0.05) is 25.1 Å². The van der Waals surface area contributed by atoms with Gasteiger partial charge >= 0.3 is 6.61 Å². The number of carbonyl (C=O) groups is 1. The van der Waals surface area contributed by atoms with Crippen molar-refractivity contribution >= 4 is 17.7 Å². The van der Waals surface area contributed by atoms with Gasteiger partial charge in [0.25, 0.3) is 0 Å². The first kappa shape index (κ1) is 19.0. The van der Waals surface area contributed by atoms with Gasteiger partial charge in [0.2, 0.25) is 11.1 Å². The number of halogens is 2. The van der Waals surface area contributed by atoms with Crippen LogP contribution in [0.4, 0.5) is 8.78 Å². The Morgan fingerprint density at radius 1 is 1.36 bits per heavy atom. The molecule has 1 aromatic carbocycles. The van der Waals surface area contributed by atoms with Gasteiger partial charge in [-0.15, -0.1) is 10.2 Å². The van der Waals surface area contributed by atoms with Crippen LogP contribution < -0.4 is 15.9 Å². The first-order chi connectivity index (χ1) is 12.0. The van der Waals surface area contributed by atoms with E-state index in [1.54, 1.807) is 12.1 Å². The number of hydrogen-bond acceptors (Lipinski definition) is 6. The number of rotatable bonds is 9. The number of nitrogen functional groups attached to an aromatic ring is 1. The average molecular weight is 371 g/mol. The molecule has 0 bridgehead atoms. The fraction of sp³-hybridized carbons (Fsp3) is 0.400. The topological polar surface area (TPSA) is 95.1 Å². The largest absolute Gasteiger partial charge is 0.435 e. The Balaban J connectivity index is 1.97. The lowest BCUT2D eigenvalue weighted by molar-refractivity contribution is -0.118. The summed E-state index contributed by atoms with van der Waals surface area (Å²) in [7, 11) is 0. The van der Waals surface area contributed by atoms with Gasteiger partial charge in [0.05, 0.1) is 5.75 Å². The van der Waals surface area contributed by atoms with Crippen LogP contribution >= 0.6 is 11.8 Å². The molecule has 0 aliphatic rings. The molecule has 0 fully saturated rings. The molecule has 2 rings (SSSR count). The molecule has 0 unspecified atom stereocenters. The second kappa shape index (κ2) is 9.21. The zero-order valence-corrected chi connectivity index (χ0v) is 14.4. The highest BCUT2D eigenvalue weighted by Crippen LogP contribution is 2.24. The fourth-order valence-electron chi connectivity index (χ4n) is 1.94. The van der Waals surface area contributed by atoms with Crippen LogP contribution in [0.1, 0.15) is 19.8 Å². The van der Waals surface area contributed by atoms with Gasteiger partial charge in [-0.25, -0.2) is 4.68 Å². The van der Waals surface area contributed by atoms with E-state index in [0.29, 0.717) is 23.1 Å². The van der Waals surface area contributed by atoms with Crippen LogP contribution in [0, 0.1) is 0 Å². The Kier molecular flexibility index (Phi) is 6.99. The molecule has 0 aliphatic carbocycles. The third-order valence-electron chi connectivity index (χ3n) is 3.19. The van der Waals surface area contributed by atoms with Crippen molar-refractivity contribution in [3.05, 3.63) is 24.3 Å². The van der Waals surface area contributed by atoms with Crippen LogP contribution in [0.2, 0.25) is 0 Å². The van der Waals surface area contributed by atoms with E-state index in [1.807, 2.05) is 6.92 Å². The monoisotopic (exact) mass is 371 g/mol. The summed E-state index contributed by atoms with van der Waals surface area (Å²) in [6.07, 6.45) is 1.94. The zero-order valence-electron chi connectivity index (χ0n) is 13.6. The number of benzene rings is 1. The van der Waals surface area contributed by atoms with E-state index >= 15 is 0 Å².